The van der Waals surface area contributed by atoms with Crippen LogP contribution in [0.4, 0.5) is 23.0 Å². The molecule has 43 heavy (non-hydrogen) atoms. The Morgan fingerprint density at radius 2 is 1.65 bits per heavy atom. The molecule has 1 saturated heterocycles. The lowest BCUT2D eigenvalue weighted by Gasteiger charge is -2.38. The van der Waals surface area contributed by atoms with Crippen LogP contribution in [0, 0.1) is 11.5 Å². The molecule has 1 amide bonds. The first-order valence-corrected chi connectivity index (χ1v) is 17.6. The highest BCUT2D eigenvalue weighted by molar-refractivity contribution is 6.90. The molecule has 10 heteroatoms. The number of rotatable bonds is 8. The molecule has 2 N–H and O–H groups in total. The number of hydrogen-bond donors (Lipinski definition) is 2. The van der Waals surface area contributed by atoms with E-state index in [1.807, 2.05) is 25.1 Å². The average molecular weight is 602 g/mol. The largest absolute Gasteiger partial charge is 0.367 e. The van der Waals surface area contributed by atoms with Crippen LogP contribution >= 0.6 is 0 Å². The Hall–Kier alpha value is -3.68. The van der Waals surface area contributed by atoms with Gasteiger partial charge in [0.25, 0.3) is 5.56 Å². The summed E-state index contributed by atoms with van der Waals surface area (Å²) in [5, 5.41) is 7.10. The lowest BCUT2D eigenvalue weighted by atomic mass is 10.2. The van der Waals surface area contributed by atoms with Crippen molar-refractivity contribution in [3.05, 3.63) is 46.4 Å². The van der Waals surface area contributed by atoms with Gasteiger partial charge in [0.05, 0.1) is 16.8 Å². The third kappa shape index (κ3) is 6.78. The summed E-state index contributed by atoms with van der Waals surface area (Å²) in [7, 11) is 1.85. The molecular formula is C33H47N7O2Si. The quantitative estimate of drug-likeness (QED) is 0.251. The van der Waals surface area contributed by atoms with Crippen molar-refractivity contribution < 1.29 is 4.79 Å². The number of nitrogens with one attached hydrogen (secondary N) is 2. The number of piperazine rings is 1. The number of aromatic nitrogens is 3. The van der Waals surface area contributed by atoms with Crippen molar-refractivity contribution in [2.45, 2.75) is 71.5 Å². The molecule has 0 aliphatic carbocycles. The Bertz CT molecular complexity index is 1570. The SMILES string of the molecule is CCC(=O)Nc1cc(Nc2ncc3c(C#C[Si](C(C)C)(C(C)C)C(C)C)cc(=O)n(C)c3n2)ccc1N1CCN(C)CC1. The van der Waals surface area contributed by atoms with Gasteiger partial charge in [0.15, 0.2) is 0 Å². The van der Waals surface area contributed by atoms with Crippen molar-refractivity contribution >= 4 is 48.0 Å². The molecule has 1 aliphatic rings. The highest BCUT2D eigenvalue weighted by Gasteiger charge is 2.41. The maximum Gasteiger partial charge on any atom is 0.253 e. The minimum atomic E-state index is -1.99. The highest BCUT2D eigenvalue weighted by Crippen LogP contribution is 2.41. The molecule has 4 rings (SSSR count). The van der Waals surface area contributed by atoms with Crippen molar-refractivity contribution in [3.8, 4) is 11.5 Å². The van der Waals surface area contributed by atoms with E-state index in [1.165, 1.54) is 4.57 Å². The molecule has 3 aromatic rings. The van der Waals surface area contributed by atoms with Crippen molar-refractivity contribution in [1.82, 2.24) is 19.4 Å². The zero-order chi connectivity index (χ0) is 31.5. The number of benzene rings is 1. The summed E-state index contributed by atoms with van der Waals surface area (Å²) < 4.78 is 1.54. The van der Waals surface area contributed by atoms with Gasteiger partial charge in [0, 0.05) is 63.2 Å². The van der Waals surface area contributed by atoms with E-state index in [0.29, 0.717) is 40.2 Å². The minimum Gasteiger partial charge on any atom is -0.367 e. The summed E-state index contributed by atoms with van der Waals surface area (Å²) in [6.07, 6.45) is 2.14. The minimum absolute atomic E-state index is 0.0439. The maximum absolute atomic E-state index is 13.0. The van der Waals surface area contributed by atoms with Crippen LogP contribution in [0.1, 0.15) is 60.5 Å². The van der Waals surface area contributed by atoms with E-state index in [4.69, 9.17) is 4.98 Å². The molecule has 3 heterocycles. The fourth-order valence-corrected chi connectivity index (χ4v) is 11.6. The molecule has 2 aromatic heterocycles. The van der Waals surface area contributed by atoms with Crippen LogP contribution in [0.25, 0.3) is 11.0 Å². The highest BCUT2D eigenvalue weighted by atomic mass is 28.3. The molecule has 230 valence electrons. The number of carbonyl (C=O) groups is 1. The van der Waals surface area contributed by atoms with Crippen molar-refractivity contribution in [2.75, 3.05) is 48.8 Å². The molecule has 0 saturated carbocycles. The third-order valence-corrected chi connectivity index (χ3v) is 15.2. The van der Waals surface area contributed by atoms with Crippen LogP contribution in [0.2, 0.25) is 16.6 Å². The van der Waals surface area contributed by atoms with Crippen LogP contribution < -0.4 is 21.1 Å². The summed E-state index contributed by atoms with van der Waals surface area (Å²) in [5.74, 6) is 3.75. The molecular weight excluding hydrogens is 554 g/mol. The van der Waals surface area contributed by atoms with E-state index in [0.717, 1.165) is 48.6 Å². The lowest BCUT2D eigenvalue weighted by molar-refractivity contribution is -0.115. The second-order valence-electron chi connectivity index (χ2n) is 12.6. The molecule has 0 spiro atoms. The van der Waals surface area contributed by atoms with Gasteiger partial charge in [-0.25, -0.2) is 4.98 Å². The Balaban J connectivity index is 1.72. The molecule has 0 atom stereocenters. The average Bonchev–Trinajstić information content (AvgIpc) is 2.96. The monoisotopic (exact) mass is 601 g/mol. The molecule has 0 radical (unpaired) electrons. The predicted molar refractivity (Wildman–Crippen MR) is 181 cm³/mol. The van der Waals surface area contributed by atoms with Crippen molar-refractivity contribution in [1.29, 1.82) is 0 Å². The molecule has 0 unspecified atom stereocenters. The summed E-state index contributed by atoms with van der Waals surface area (Å²) in [6.45, 7) is 19.2. The molecule has 0 bridgehead atoms. The van der Waals surface area contributed by atoms with E-state index in [9.17, 15) is 9.59 Å². The van der Waals surface area contributed by atoms with Crippen LogP contribution in [-0.4, -0.2) is 66.6 Å². The second kappa shape index (κ2) is 13.3. The van der Waals surface area contributed by atoms with Crippen molar-refractivity contribution in [3.63, 3.8) is 0 Å². The van der Waals surface area contributed by atoms with E-state index in [1.54, 1.807) is 19.3 Å². The standard InChI is InChI=1S/C33H47N7O2Si/c1-10-30(41)36-28-20-26(11-12-29(28)40-16-14-38(8)15-17-40)35-33-34-21-27-25(19-31(42)39(9)32(27)37-33)13-18-43(22(2)3,23(4)5)24(6)7/h11-12,19-24H,10,14-17H2,1-9H3,(H,36,41)(H,34,35,37). The Morgan fingerprint density at radius 1 is 1.00 bits per heavy atom. The second-order valence-corrected chi connectivity index (χ2v) is 18.2. The number of aryl methyl sites for hydroxylation is 1. The Kier molecular flexibility index (Phi) is 9.98. The summed E-state index contributed by atoms with van der Waals surface area (Å²) in [5.41, 5.74) is 8.71. The number of nitrogens with zero attached hydrogens (tertiary/aromatic N) is 5. The normalized spacial score (nSPS) is 14.4. The van der Waals surface area contributed by atoms with Gasteiger partial charge in [-0.1, -0.05) is 54.4 Å². The summed E-state index contributed by atoms with van der Waals surface area (Å²) >= 11 is 0. The topological polar surface area (TPSA) is 95.4 Å². The molecule has 1 aliphatic heterocycles. The van der Waals surface area contributed by atoms with Crippen LogP contribution in [-0.2, 0) is 11.8 Å². The van der Waals surface area contributed by atoms with Gasteiger partial charge in [-0.05, 0) is 41.9 Å². The van der Waals surface area contributed by atoms with Gasteiger partial charge >= 0.3 is 0 Å². The number of likely N-dealkylation sites (N-methyl/N-ethyl adjacent to an activating group) is 1. The number of fused-ring (bicyclic) bond motifs is 1. The number of pyridine rings is 1. The first kappa shape index (κ1) is 32.2. The Labute approximate surface area is 257 Å². The smallest absolute Gasteiger partial charge is 0.253 e. The number of amides is 1. The van der Waals surface area contributed by atoms with Gasteiger partial charge < -0.3 is 20.4 Å². The van der Waals surface area contributed by atoms with Crippen LogP contribution in [0.15, 0.2) is 35.3 Å². The fourth-order valence-electron chi connectivity index (χ4n) is 6.40. The van der Waals surface area contributed by atoms with Gasteiger partial charge in [0.2, 0.25) is 11.9 Å². The zero-order valence-electron chi connectivity index (χ0n) is 27.2. The zero-order valence-corrected chi connectivity index (χ0v) is 28.2. The van der Waals surface area contributed by atoms with Gasteiger partial charge in [-0.15, -0.1) is 5.54 Å². The van der Waals surface area contributed by atoms with Crippen LogP contribution in [0.3, 0.4) is 0 Å². The summed E-state index contributed by atoms with van der Waals surface area (Å²) in [6, 6.07) is 7.52. The number of hydrogen-bond acceptors (Lipinski definition) is 7. The third-order valence-electron chi connectivity index (χ3n) is 8.95. The van der Waals surface area contributed by atoms with E-state index < -0.39 is 8.07 Å². The van der Waals surface area contributed by atoms with Crippen LogP contribution in [0.5, 0.6) is 0 Å². The summed E-state index contributed by atoms with van der Waals surface area (Å²) in [4.78, 5) is 39.4. The van der Waals surface area contributed by atoms with Gasteiger partial charge in [-0.2, -0.15) is 4.98 Å². The van der Waals surface area contributed by atoms with E-state index >= 15 is 0 Å². The van der Waals surface area contributed by atoms with Gasteiger partial charge in [0.1, 0.15) is 13.7 Å². The van der Waals surface area contributed by atoms with Gasteiger partial charge in [-0.3, -0.25) is 14.2 Å². The first-order chi connectivity index (χ1) is 20.4. The fraction of sp³-hybridized carbons (Fsp3) is 0.515. The maximum atomic E-state index is 13.0. The predicted octanol–water partition coefficient (Wildman–Crippen LogP) is 5.74. The lowest BCUT2D eigenvalue weighted by Crippen LogP contribution is -2.44. The Morgan fingerprint density at radius 3 is 2.26 bits per heavy atom. The molecule has 1 aromatic carbocycles. The number of anilines is 4. The van der Waals surface area contributed by atoms with E-state index in [-0.39, 0.29) is 11.5 Å². The van der Waals surface area contributed by atoms with E-state index in [2.05, 4.69) is 85.5 Å². The first-order valence-electron chi connectivity index (χ1n) is 15.4. The molecule has 1 fully saturated rings. The van der Waals surface area contributed by atoms with Crippen molar-refractivity contribution in [2.24, 2.45) is 7.05 Å². The number of carbonyl (C=O) groups excluding carboxylic acids is 1. The molecule has 9 nitrogen and oxygen atoms in total.